The first-order valence-electron chi connectivity index (χ1n) is 9.33. The zero-order valence-corrected chi connectivity index (χ0v) is 16.4. The number of nitrogens with zero attached hydrogens (tertiary/aromatic N) is 1. The average Bonchev–Trinajstić information content (AvgIpc) is 2.61. The van der Waals surface area contributed by atoms with E-state index in [-0.39, 0.29) is 23.0 Å². The van der Waals surface area contributed by atoms with Crippen molar-refractivity contribution < 1.29 is 19.2 Å². The number of hydrogen-bond donors (Lipinski definition) is 1. The van der Waals surface area contributed by atoms with Gasteiger partial charge >= 0.3 is 5.97 Å². The van der Waals surface area contributed by atoms with Crippen LogP contribution in [0.3, 0.4) is 0 Å². The highest BCUT2D eigenvalue weighted by Gasteiger charge is 2.34. The lowest BCUT2D eigenvalue weighted by Gasteiger charge is -2.36. The van der Waals surface area contributed by atoms with Crippen LogP contribution in [-0.4, -0.2) is 22.9 Å². The molecule has 1 aliphatic rings. The molecule has 1 saturated carbocycles. The van der Waals surface area contributed by atoms with Crippen LogP contribution < -0.4 is 5.32 Å². The Bertz CT molecular complexity index is 703. The molecule has 1 aliphatic carbocycles. The molecule has 1 aromatic rings. The molecule has 1 N–H and O–H groups in total. The number of rotatable bonds is 5. The van der Waals surface area contributed by atoms with E-state index in [9.17, 15) is 19.7 Å². The summed E-state index contributed by atoms with van der Waals surface area (Å²) in [7, 11) is 0. The summed E-state index contributed by atoms with van der Waals surface area (Å²) in [6.07, 6.45) is 2.56. The maximum atomic E-state index is 12.4. The van der Waals surface area contributed by atoms with Gasteiger partial charge in [0.1, 0.15) is 0 Å². The average molecular weight is 376 g/mol. The van der Waals surface area contributed by atoms with Crippen LogP contribution in [0.1, 0.15) is 53.4 Å². The smallest absolute Gasteiger partial charge is 0.309 e. The van der Waals surface area contributed by atoms with Crippen molar-refractivity contribution in [1.29, 1.82) is 0 Å². The molecule has 2 rings (SSSR count). The van der Waals surface area contributed by atoms with Crippen LogP contribution in [0.4, 0.5) is 11.4 Å². The topological polar surface area (TPSA) is 98.5 Å². The van der Waals surface area contributed by atoms with Gasteiger partial charge in [-0.2, -0.15) is 0 Å². The molecule has 1 amide bonds. The number of ether oxygens (including phenoxy) is 1. The summed E-state index contributed by atoms with van der Waals surface area (Å²) in [5.74, 6) is -0.427. The van der Waals surface area contributed by atoms with Crippen LogP contribution in [0.15, 0.2) is 24.3 Å². The third kappa shape index (κ3) is 5.77. The fourth-order valence-corrected chi connectivity index (χ4v) is 3.46. The van der Waals surface area contributed by atoms with Crippen LogP contribution in [0, 0.1) is 27.4 Å². The second kappa shape index (κ2) is 8.50. The Morgan fingerprint density at radius 3 is 2.41 bits per heavy atom. The molecule has 0 unspecified atom stereocenters. The Morgan fingerprint density at radius 2 is 1.85 bits per heavy atom. The highest BCUT2D eigenvalue weighted by molar-refractivity contribution is 5.95. The fraction of sp³-hybridized carbons (Fsp3) is 0.600. The molecular formula is C20H28N2O5. The van der Waals surface area contributed by atoms with Gasteiger partial charge in [-0.05, 0) is 50.0 Å². The first-order valence-corrected chi connectivity index (χ1v) is 9.33. The Balaban J connectivity index is 1.86. The van der Waals surface area contributed by atoms with Crippen LogP contribution in [0.5, 0.6) is 0 Å². The molecule has 148 valence electrons. The molecule has 0 saturated heterocycles. The van der Waals surface area contributed by atoms with Gasteiger partial charge in [0.2, 0.25) is 0 Å². The molecule has 1 aromatic carbocycles. The van der Waals surface area contributed by atoms with Crippen molar-refractivity contribution in [2.75, 3.05) is 5.32 Å². The molecule has 0 heterocycles. The number of benzene rings is 1. The van der Waals surface area contributed by atoms with E-state index in [1.807, 2.05) is 0 Å². The van der Waals surface area contributed by atoms with E-state index in [1.54, 1.807) is 6.07 Å². The highest BCUT2D eigenvalue weighted by atomic mass is 16.6. The Kier molecular flexibility index (Phi) is 6.57. The third-order valence-electron chi connectivity index (χ3n) is 5.27. The van der Waals surface area contributed by atoms with Gasteiger partial charge < -0.3 is 10.1 Å². The van der Waals surface area contributed by atoms with E-state index in [4.69, 9.17) is 4.74 Å². The number of nitro groups is 1. The molecule has 0 aliphatic heterocycles. The number of non-ortho nitro benzene ring substituents is 1. The van der Waals surface area contributed by atoms with Crippen LogP contribution >= 0.6 is 0 Å². The maximum absolute atomic E-state index is 12.4. The fourth-order valence-electron chi connectivity index (χ4n) is 3.46. The predicted octanol–water partition coefficient (Wildman–Crippen LogP) is 4.32. The second-order valence-corrected chi connectivity index (χ2v) is 8.29. The van der Waals surface area contributed by atoms with Crippen molar-refractivity contribution in [2.24, 2.45) is 17.3 Å². The summed E-state index contributed by atoms with van der Waals surface area (Å²) >= 11 is 0. The van der Waals surface area contributed by atoms with E-state index >= 15 is 0 Å². The normalized spacial score (nSPS) is 21.2. The van der Waals surface area contributed by atoms with Gasteiger partial charge in [0.25, 0.3) is 11.6 Å². The molecule has 1 fully saturated rings. The monoisotopic (exact) mass is 376 g/mol. The Labute approximate surface area is 159 Å². The number of anilines is 1. The summed E-state index contributed by atoms with van der Waals surface area (Å²) in [6.45, 7) is 8.16. The van der Waals surface area contributed by atoms with Crippen molar-refractivity contribution in [1.82, 2.24) is 0 Å². The summed E-state index contributed by atoms with van der Waals surface area (Å²) in [6, 6.07) is 5.64. The molecule has 27 heavy (non-hydrogen) atoms. The first kappa shape index (κ1) is 20.9. The number of esters is 1. The van der Waals surface area contributed by atoms with Crippen molar-refractivity contribution in [3.05, 3.63) is 34.4 Å². The molecule has 7 heteroatoms. The standard InChI is InChI=1S/C20H28N2O5/c1-13(18(23)21-16-6-5-7-17(12-16)22(25)26)27-19(24)14-8-10-15(11-9-14)20(2,3)4/h5-7,12-15H,8-11H2,1-4H3,(H,21,23)/t13-,14?,15?/m0/s1. The molecule has 0 bridgehead atoms. The largest absolute Gasteiger partial charge is 0.452 e. The van der Waals surface area contributed by atoms with E-state index in [0.717, 1.165) is 25.7 Å². The van der Waals surface area contributed by atoms with E-state index < -0.39 is 16.9 Å². The Morgan fingerprint density at radius 1 is 1.22 bits per heavy atom. The molecule has 0 spiro atoms. The molecule has 7 nitrogen and oxygen atoms in total. The van der Waals surface area contributed by atoms with E-state index in [2.05, 4.69) is 26.1 Å². The van der Waals surface area contributed by atoms with Gasteiger partial charge in [0.15, 0.2) is 6.10 Å². The van der Waals surface area contributed by atoms with Crippen molar-refractivity contribution in [3.8, 4) is 0 Å². The van der Waals surface area contributed by atoms with Gasteiger partial charge in [0.05, 0.1) is 10.8 Å². The molecule has 0 radical (unpaired) electrons. The van der Waals surface area contributed by atoms with Gasteiger partial charge in [-0.15, -0.1) is 0 Å². The summed E-state index contributed by atoms with van der Waals surface area (Å²) in [4.78, 5) is 34.9. The summed E-state index contributed by atoms with van der Waals surface area (Å²) < 4.78 is 5.34. The minimum absolute atomic E-state index is 0.118. The summed E-state index contributed by atoms with van der Waals surface area (Å²) in [5.41, 5.74) is 0.413. The van der Waals surface area contributed by atoms with E-state index in [0.29, 0.717) is 11.6 Å². The van der Waals surface area contributed by atoms with Gasteiger partial charge in [-0.25, -0.2) is 0 Å². The zero-order chi connectivity index (χ0) is 20.2. The molecular weight excluding hydrogens is 348 g/mol. The highest BCUT2D eigenvalue weighted by Crippen LogP contribution is 2.40. The van der Waals surface area contributed by atoms with Gasteiger partial charge in [0, 0.05) is 17.8 Å². The lowest BCUT2D eigenvalue weighted by Crippen LogP contribution is -2.34. The first-order chi connectivity index (χ1) is 12.6. The van der Waals surface area contributed by atoms with Crippen LogP contribution in [0.2, 0.25) is 0 Å². The lowest BCUT2D eigenvalue weighted by atomic mass is 9.70. The number of carbonyl (C=O) groups is 2. The van der Waals surface area contributed by atoms with E-state index in [1.165, 1.54) is 25.1 Å². The molecule has 0 aromatic heterocycles. The van der Waals surface area contributed by atoms with Crippen LogP contribution in [0.25, 0.3) is 0 Å². The SMILES string of the molecule is C[C@H](OC(=O)C1CCC(C(C)(C)C)CC1)C(=O)Nc1cccc([N+](=O)[O-])c1. The molecule has 1 atom stereocenters. The number of hydrogen-bond acceptors (Lipinski definition) is 5. The second-order valence-electron chi connectivity index (χ2n) is 8.29. The minimum atomic E-state index is -0.961. The van der Waals surface area contributed by atoms with Crippen LogP contribution in [-0.2, 0) is 14.3 Å². The Hall–Kier alpha value is -2.44. The van der Waals surface area contributed by atoms with Crippen molar-refractivity contribution in [3.63, 3.8) is 0 Å². The number of nitrogens with one attached hydrogen (secondary N) is 1. The summed E-state index contributed by atoms with van der Waals surface area (Å²) in [5, 5.41) is 13.4. The quantitative estimate of drug-likeness (QED) is 0.469. The maximum Gasteiger partial charge on any atom is 0.309 e. The lowest BCUT2D eigenvalue weighted by molar-refractivity contribution is -0.384. The van der Waals surface area contributed by atoms with Crippen molar-refractivity contribution >= 4 is 23.3 Å². The minimum Gasteiger partial charge on any atom is -0.452 e. The third-order valence-corrected chi connectivity index (χ3v) is 5.27. The number of carbonyl (C=O) groups excluding carboxylic acids is 2. The zero-order valence-electron chi connectivity index (χ0n) is 16.4. The van der Waals surface area contributed by atoms with Gasteiger partial charge in [-0.1, -0.05) is 26.8 Å². The predicted molar refractivity (Wildman–Crippen MR) is 102 cm³/mol. The van der Waals surface area contributed by atoms with Crippen molar-refractivity contribution in [2.45, 2.75) is 59.5 Å². The number of amides is 1. The van der Waals surface area contributed by atoms with Gasteiger partial charge in [-0.3, -0.25) is 19.7 Å². The number of nitro benzene ring substituents is 1.